The molecule has 0 spiro atoms. The predicted octanol–water partition coefficient (Wildman–Crippen LogP) is 3.03. The van der Waals surface area contributed by atoms with Gasteiger partial charge < -0.3 is 20.1 Å². The molecule has 2 aromatic heterocycles. The molecule has 1 atom stereocenters. The third kappa shape index (κ3) is 6.82. The molecule has 1 unspecified atom stereocenters. The Morgan fingerprint density at radius 1 is 1.25 bits per heavy atom. The second-order valence-electron chi connectivity index (χ2n) is 5.56. The van der Waals surface area contributed by atoms with E-state index in [9.17, 15) is 0 Å². The fourth-order valence-corrected chi connectivity index (χ4v) is 3.24. The Morgan fingerprint density at radius 2 is 2.00 bits per heavy atom. The second-order valence-corrected chi connectivity index (χ2v) is 6.54. The quantitative estimate of drug-likeness (QED) is 0.361. The molecule has 0 aromatic carbocycles. The van der Waals surface area contributed by atoms with Gasteiger partial charge in [0.15, 0.2) is 5.96 Å². The van der Waals surface area contributed by atoms with Gasteiger partial charge in [-0.1, -0.05) is 6.07 Å². The van der Waals surface area contributed by atoms with Gasteiger partial charge in [-0.2, -0.15) is 0 Å². The summed E-state index contributed by atoms with van der Waals surface area (Å²) in [6.07, 6.45) is 4.15. The fourth-order valence-electron chi connectivity index (χ4n) is 2.33. The van der Waals surface area contributed by atoms with Crippen LogP contribution < -0.4 is 10.6 Å². The summed E-state index contributed by atoms with van der Waals surface area (Å²) < 4.78 is 2.16. The molecule has 5 nitrogen and oxygen atoms in total. The van der Waals surface area contributed by atoms with Crippen molar-refractivity contribution in [3.63, 3.8) is 0 Å². The molecule has 0 amide bonds. The smallest absolute Gasteiger partial charge is 0.191 e. The molecule has 0 saturated carbocycles. The molecule has 2 rings (SSSR count). The number of aliphatic imine (C=N–C) groups is 1. The molecule has 2 heterocycles. The van der Waals surface area contributed by atoms with Gasteiger partial charge in [0.1, 0.15) is 0 Å². The number of likely N-dealkylation sites (N-methyl/N-ethyl adjacent to an activating group) is 1. The highest BCUT2D eigenvalue weighted by atomic mass is 127. The molecule has 0 bridgehead atoms. The second kappa shape index (κ2) is 11.5. The average molecular weight is 461 g/mol. The lowest BCUT2D eigenvalue weighted by Crippen LogP contribution is -2.39. The van der Waals surface area contributed by atoms with E-state index in [1.54, 1.807) is 11.3 Å². The summed E-state index contributed by atoms with van der Waals surface area (Å²) in [4.78, 5) is 8.33. The molecular formula is C17H28IN5S. The Labute approximate surface area is 166 Å². The zero-order valence-corrected chi connectivity index (χ0v) is 17.8. The Hall–Kier alpha value is -1.06. The SMILES string of the molecule is CCNC(=NCC(c1cccs1)N(C)C)NCCn1cccc1.I. The summed E-state index contributed by atoms with van der Waals surface area (Å²) in [5, 5.41) is 8.84. The number of hydrogen-bond acceptors (Lipinski definition) is 3. The van der Waals surface area contributed by atoms with Gasteiger partial charge >= 0.3 is 0 Å². The van der Waals surface area contributed by atoms with Crippen LogP contribution in [0, 0.1) is 0 Å². The highest BCUT2D eigenvalue weighted by molar-refractivity contribution is 14.0. The highest BCUT2D eigenvalue weighted by Gasteiger charge is 2.14. The van der Waals surface area contributed by atoms with Crippen LogP contribution in [-0.2, 0) is 6.54 Å². The van der Waals surface area contributed by atoms with E-state index in [1.807, 2.05) is 12.1 Å². The van der Waals surface area contributed by atoms with Gasteiger partial charge in [-0.25, -0.2) is 0 Å². The Morgan fingerprint density at radius 3 is 2.58 bits per heavy atom. The van der Waals surface area contributed by atoms with E-state index >= 15 is 0 Å². The van der Waals surface area contributed by atoms with Crippen LogP contribution in [0.1, 0.15) is 17.8 Å². The standard InChI is InChI=1S/C17H27N5S.HI/c1-4-18-17(19-9-12-22-10-5-6-11-22)20-14-15(21(2)3)16-8-7-13-23-16;/h5-8,10-11,13,15H,4,9,12,14H2,1-3H3,(H2,18,19,20);1H. The summed E-state index contributed by atoms with van der Waals surface area (Å²) in [5.74, 6) is 0.878. The third-order valence-corrected chi connectivity index (χ3v) is 4.56. The molecule has 0 saturated heterocycles. The molecule has 0 aliphatic heterocycles. The minimum Gasteiger partial charge on any atom is -0.357 e. The van der Waals surface area contributed by atoms with E-state index in [4.69, 9.17) is 4.99 Å². The minimum absolute atomic E-state index is 0. The van der Waals surface area contributed by atoms with E-state index in [0.29, 0.717) is 6.04 Å². The largest absolute Gasteiger partial charge is 0.357 e. The first kappa shape index (κ1) is 21.0. The normalized spacial score (nSPS) is 12.8. The summed E-state index contributed by atoms with van der Waals surface area (Å²) in [6.45, 7) is 5.48. The maximum atomic E-state index is 4.76. The van der Waals surface area contributed by atoms with Crippen molar-refractivity contribution in [3.8, 4) is 0 Å². The van der Waals surface area contributed by atoms with Crippen LogP contribution in [0.25, 0.3) is 0 Å². The van der Waals surface area contributed by atoms with Crippen LogP contribution in [0.5, 0.6) is 0 Å². The molecular weight excluding hydrogens is 433 g/mol. The highest BCUT2D eigenvalue weighted by Crippen LogP contribution is 2.23. The fraction of sp³-hybridized carbons (Fsp3) is 0.471. The summed E-state index contributed by atoms with van der Waals surface area (Å²) >= 11 is 1.79. The third-order valence-electron chi connectivity index (χ3n) is 3.59. The van der Waals surface area contributed by atoms with Gasteiger partial charge in [-0.3, -0.25) is 4.99 Å². The molecule has 0 fully saturated rings. The van der Waals surface area contributed by atoms with Gasteiger partial charge in [-0.15, -0.1) is 35.3 Å². The van der Waals surface area contributed by atoms with E-state index in [1.165, 1.54) is 4.88 Å². The van der Waals surface area contributed by atoms with Gasteiger partial charge in [0.05, 0.1) is 12.6 Å². The van der Waals surface area contributed by atoms with Crippen molar-refractivity contribution >= 4 is 41.3 Å². The number of halogens is 1. The summed E-state index contributed by atoms with van der Waals surface area (Å²) in [7, 11) is 4.21. The van der Waals surface area contributed by atoms with E-state index < -0.39 is 0 Å². The van der Waals surface area contributed by atoms with Crippen LogP contribution in [0.4, 0.5) is 0 Å². The van der Waals surface area contributed by atoms with Crippen molar-refractivity contribution < 1.29 is 0 Å². The first-order valence-corrected chi connectivity index (χ1v) is 8.91. The van der Waals surface area contributed by atoms with Gasteiger partial charge in [0.2, 0.25) is 0 Å². The lowest BCUT2D eigenvalue weighted by molar-refractivity contribution is 0.310. The number of aromatic nitrogens is 1. The number of thiophene rings is 1. The van der Waals surface area contributed by atoms with Gasteiger partial charge in [0.25, 0.3) is 0 Å². The topological polar surface area (TPSA) is 44.6 Å². The Balaban J connectivity index is 0.00000288. The van der Waals surface area contributed by atoms with Crippen LogP contribution in [-0.4, -0.2) is 49.2 Å². The number of nitrogens with zero attached hydrogens (tertiary/aromatic N) is 3. The maximum Gasteiger partial charge on any atom is 0.191 e. The van der Waals surface area contributed by atoms with E-state index in [-0.39, 0.29) is 24.0 Å². The number of rotatable bonds is 8. The lowest BCUT2D eigenvalue weighted by atomic mass is 10.2. The number of hydrogen-bond donors (Lipinski definition) is 2. The van der Waals surface area contributed by atoms with Gasteiger partial charge in [0, 0.05) is 36.9 Å². The average Bonchev–Trinajstić information content (AvgIpc) is 3.20. The van der Waals surface area contributed by atoms with Crippen LogP contribution >= 0.6 is 35.3 Å². The van der Waals surface area contributed by atoms with Crippen molar-refractivity contribution in [1.82, 2.24) is 20.1 Å². The maximum absolute atomic E-state index is 4.76. The molecule has 134 valence electrons. The van der Waals surface area contributed by atoms with Crippen molar-refractivity contribution in [3.05, 3.63) is 46.9 Å². The van der Waals surface area contributed by atoms with Crippen molar-refractivity contribution in [2.24, 2.45) is 4.99 Å². The van der Waals surface area contributed by atoms with Crippen molar-refractivity contribution in [2.45, 2.75) is 19.5 Å². The molecule has 0 radical (unpaired) electrons. The first-order chi connectivity index (χ1) is 11.2. The monoisotopic (exact) mass is 461 g/mol. The van der Waals surface area contributed by atoms with Crippen LogP contribution in [0.2, 0.25) is 0 Å². The van der Waals surface area contributed by atoms with E-state index in [0.717, 1.165) is 32.1 Å². The Bertz CT molecular complexity index is 566. The zero-order chi connectivity index (χ0) is 16.5. The molecule has 2 aromatic rings. The lowest BCUT2D eigenvalue weighted by Gasteiger charge is -2.22. The molecule has 0 aliphatic carbocycles. The number of guanidine groups is 1. The first-order valence-electron chi connectivity index (χ1n) is 8.03. The summed E-state index contributed by atoms with van der Waals surface area (Å²) in [6, 6.07) is 8.68. The van der Waals surface area contributed by atoms with Crippen molar-refractivity contribution in [1.29, 1.82) is 0 Å². The van der Waals surface area contributed by atoms with Crippen LogP contribution in [0.3, 0.4) is 0 Å². The number of nitrogens with one attached hydrogen (secondary N) is 2. The van der Waals surface area contributed by atoms with E-state index in [2.05, 4.69) is 71.0 Å². The predicted molar refractivity (Wildman–Crippen MR) is 115 cm³/mol. The molecule has 2 N–H and O–H groups in total. The summed E-state index contributed by atoms with van der Waals surface area (Å²) in [5.41, 5.74) is 0. The van der Waals surface area contributed by atoms with Crippen molar-refractivity contribution in [2.75, 3.05) is 33.7 Å². The Kier molecular flexibility index (Phi) is 10.0. The molecule has 7 heteroatoms. The van der Waals surface area contributed by atoms with Crippen LogP contribution in [0.15, 0.2) is 47.0 Å². The molecule has 0 aliphatic rings. The van der Waals surface area contributed by atoms with Gasteiger partial charge in [-0.05, 0) is 44.6 Å². The minimum atomic E-state index is 0. The zero-order valence-electron chi connectivity index (χ0n) is 14.6. The molecule has 24 heavy (non-hydrogen) atoms.